The van der Waals surface area contributed by atoms with Gasteiger partial charge >= 0.3 is 0 Å². The highest BCUT2D eigenvalue weighted by atomic mass is 32.2. The van der Waals surface area contributed by atoms with Gasteiger partial charge in [0.2, 0.25) is 5.91 Å². The molecule has 1 unspecified atom stereocenters. The van der Waals surface area contributed by atoms with E-state index >= 15 is 0 Å². The van der Waals surface area contributed by atoms with Crippen LogP contribution in [0.3, 0.4) is 0 Å². The van der Waals surface area contributed by atoms with Crippen molar-refractivity contribution in [2.75, 3.05) is 18.2 Å². The second kappa shape index (κ2) is 11.1. The summed E-state index contributed by atoms with van der Waals surface area (Å²) in [6, 6.07) is 21.0. The van der Waals surface area contributed by atoms with Gasteiger partial charge in [-0.25, -0.2) is 4.39 Å². The van der Waals surface area contributed by atoms with Gasteiger partial charge < -0.3 is 14.8 Å². The monoisotopic (exact) mass is 492 g/mol. The lowest BCUT2D eigenvalue weighted by molar-refractivity contribution is -0.113. The Hall–Kier alpha value is -3.85. The lowest BCUT2D eigenvalue weighted by atomic mass is 10.2. The molecule has 0 bridgehead atoms. The van der Waals surface area contributed by atoms with E-state index in [0.29, 0.717) is 28.2 Å². The maximum absolute atomic E-state index is 13.3. The molecule has 4 rings (SSSR count). The number of ether oxygens (including phenoxy) is 2. The first-order chi connectivity index (χ1) is 16.9. The van der Waals surface area contributed by atoms with Crippen LogP contribution in [-0.4, -0.2) is 33.5 Å². The van der Waals surface area contributed by atoms with E-state index in [9.17, 15) is 9.18 Å². The van der Waals surface area contributed by atoms with Crippen LogP contribution in [0.1, 0.15) is 24.4 Å². The molecular weight excluding hydrogens is 467 g/mol. The third kappa shape index (κ3) is 5.99. The number of carbonyl (C=O) groups excluding carboxylic acids is 1. The Morgan fingerprint density at radius 1 is 1.09 bits per heavy atom. The van der Waals surface area contributed by atoms with Crippen LogP contribution in [-0.2, 0) is 4.79 Å². The van der Waals surface area contributed by atoms with Gasteiger partial charge in [-0.2, -0.15) is 0 Å². The molecule has 0 aliphatic heterocycles. The lowest BCUT2D eigenvalue weighted by Gasteiger charge is -2.16. The summed E-state index contributed by atoms with van der Waals surface area (Å²) in [6.07, 6.45) is -0.479. The van der Waals surface area contributed by atoms with Crippen molar-refractivity contribution in [3.8, 4) is 17.2 Å². The number of aryl methyl sites for hydroxylation is 1. The Labute approximate surface area is 207 Å². The van der Waals surface area contributed by atoms with Crippen molar-refractivity contribution >= 4 is 23.4 Å². The number of carbonyl (C=O) groups is 1. The molecule has 1 heterocycles. The summed E-state index contributed by atoms with van der Waals surface area (Å²) in [5, 5.41) is 12.1. The smallest absolute Gasteiger partial charge is 0.234 e. The molecule has 0 saturated heterocycles. The van der Waals surface area contributed by atoms with Crippen molar-refractivity contribution in [1.29, 1.82) is 0 Å². The number of benzene rings is 3. The summed E-state index contributed by atoms with van der Waals surface area (Å²) < 4.78 is 26.4. The van der Waals surface area contributed by atoms with Gasteiger partial charge in [-0.15, -0.1) is 10.2 Å². The predicted octanol–water partition coefficient (Wildman–Crippen LogP) is 5.59. The highest BCUT2D eigenvalue weighted by molar-refractivity contribution is 7.99. The fraction of sp³-hybridized carbons (Fsp3) is 0.192. The molecule has 1 aromatic heterocycles. The molecule has 35 heavy (non-hydrogen) atoms. The standard InChI is InChI=1S/C26H25FN4O3S/c1-17-9-14-23(33-3)22(15-17)28-24(32)16-35-26-30-29-25(31(26)20-7-5-4-6-8-20)18(2)34-21-12-10-19(27)11-13-21/h4-15,18H,16H2,1-3H3,(H,28,32). The van der Waals surface area contributed by atoms with Crippen LogP contribution < -0.4 is 14.8 Å². The van der Waals surface area contributed by atoms with Crippen LogP contribution in [0.2, 0.25) is 0 Å². The predicted molar refractivity (Wildman–Crippen MR) is 134 cm³/mol. The minimum absolute atomic E-state index is 0.120. The number of amides is 1. The SMILES string of the molecule is COc1ccc(C)cc1NC(=O)CSc1nnc(C(C)Oc2ccc(F)cc2)n1-c1ccccc1. The van der Waals surface area contributed by atoms with E-state index < -0.39 is 6.10 Å². The Kier molecular flexibility index (Phi) is 7.67. The maximum atomic E-state index is 13.3. The highest BCUT2D eigenvalue weighted by Crippen LogP contribution is 2.29. The van der Waals surface area contributed by atoms with Gasteiger partial charge in [0, 0.05) is 5.69 Å². The molecule has 9 heteroatoms. The summed E-state index contributed by atoms with van der Waals surface area (Å²) >= 11 is 1.26. The molecule has 1 N–H and O–H groups in total. The molecule has 3 aromatic carbocycles. The largest absolute Gasteiger partial charge is 0.495 e. The first-order valence-electron chi connectivity index (χ1n) is 10.9. The van der Waals surface area contributed by atoms with Crippen molar-refractivity contribution < 1.29 is 18.7 Å². The van der Waals surface area contributed by atoms with E-state index in [-0.39, 0.29) is 17.5 Å². The van der Waals surface area contributed by atoms with Crippen LogP contribution >= 0.6 is 11.8 Å². The van der Waals surface area contributed by atoms with Crippen LogP contribution in [0.25, 0.3) is 5.69 Å². The van der Waals surface area contributed by atoms with Crippen LogP contribution in [0, 0.1) is 12.7 Å². The van der Waals surface area contributed by atoms with E-state index in [4.69, 9.17) is 9.47 Å². The molecule has 0 saturated carbocycles. The molecular formula is C26H25FN4O3S. The number of anilines is 1. The summed E-state index contributed by atoms with van der Waals surface area (Å²) in [5.41, 5.74) is 2.47. The van der Waals surface area contributed by atoms with Crippen LogP contribution in [0.5, 0.6) is 11.5 Å². The molecule has 7 nitrogen and oxygen atoms in total. The second-order valence-corrected chi connectivity index (χ2v) is 8.71. The number of nitrogens with one attached hydrogen (secondary N) is 1. The zero-order valence-corrected chi connectivity index (χ0v) is 20.4. The number of methoxy groups -OCH3 is 1. The van der Waals surface area contributed by atoms with Crippen molar-refractivity contribution in [2.45, 2.75) is 25.1 Å². The number of thioether (sulfide) groups is 1. The van der Waals surface area contributed by atoms with Crippen LogP contribution in [0.15, 0.2) is 78.0 Å². The van der Waals surface area contributed by atoms with Gasteiger partial charge in [0.05, 0.1) is 18.6 Å². The zero-order chi connectivity index (χ0) is 24.8. The van der Waals surface area contributed by atoms with Crippen molar-refractivity contribution in [3.63, 3.8) is 0 Å². The molecule has 0 fully saturated rings. The molecule has 180 valence electrons. The number of hydrogen-bond acceptors (Lipinski definition) is 6. The average molecular weight is 493 g/mol. The number of halogens is 1. The first-order valence-corrected chi connectivity index (χ1v) is 11.9. The minimum atomic E-state index is -0.479. The second-order valence-electron chi connectivity index (χ2n) is 7.77. The van der Waals surface area contributed by atoms with Gasteiger partial charge in [0.15, 0.2) is 17.1 Å². The molecule has 0 aliphatic rings. The van der Waals surface area contributed by atoms with E-state index in [1.165, 1.54) is 23.9 Å². The number of para-hydroxylation sites is 1. The molecule has 1 amide bonds. The molecule has 1 atom stereocenters. The first kappa shape index (κ1) is 24.3. The molecule has 0 radical (unpaired) electrons. The number of rotatable bonds is 9. The Bertz CT molecular complexity index is 1300. The van der Waals surface area contributed by atoms with Gasteiger partial charge in [-0.3, -0.25) is 9.36 Å². The summed E-state index contributed by atoms with van der Waals surface area (Å²) in [7, 11) is 1.56. The zero-order valence-electron chi connectivity index (χ0n) is 19.6. The maximum Gasteiger partial charge on any atom is 0.234 e. The minimum Gasteiger partial charge on any atom is -0.495 e. The van der Waals surface area contributed by atoms with Crippen molar-refractivity contribution in [2.24, 2.45) is 0 Å². The van der Waals surface area contributed by atoms with E-state index in [1.54, 1.807) is 19.2 Å². The quantitative estimate of drug-likeness (QED) is 0.307. The Morgan fingerprint density at radius 3 is 2.54 bits per heavy atom. The van der Waals surface area contributed by atoms with Crippen LogP contribution in [0.4, 0.5) is 10.1 Å². The third-order valence-electron chi connectivity index (χ3n) is 5.12. The van der Waals surface area contributed by atoms with Gasteiger partial charge in [0.25, 0.3) is 0 Å². The normalized spacial score (nSPS) is 11.7. The number of nitrogens with zero attached hydrogens (tertiary/aromatic N) is 3. The Balaban J connectivity index is 1.54. The highest BCUT2D eigenvalue weighted by Gasteiger charge is 2.22. The summed E-state index contributed by atoms with van der Waals surface area (Å²) in [4.78, 5) is 12.7. The van der Waals surface area contributed by atoms with E-state index in [1.807, 2.05) is 66.9 Å². The number of aromatic nitrogens is 3. The van der Waals surface area contributed by atoms with Crippen molar-refractivity contribution in [3.05, 3.63) is 90.0 Å². The fourth-order valence-corrected chi connectivity index (χ4v) is 4.22. The lowest BCUT2D eigenvalue weighted by Crippen LogP contribution is -2.16. The fourth-order valence-electron chi connectivity index (χ4n) is 3.46. The van der Waals surface area contributed by atoms with Gasteiger partial charge in [-0.05, 0) is 67.9 Å². The summed E-state index contributed by atoms with van der Waals surface area (Å²) in [5.74, 6) is 1.26. The average Bonchev–Trinajstić information content (AvgIpc) is 3.29. The van der Waals surface area contributed by atoms with E-state index in [2.05, 4.69) is 15.5 Å². The number of hydrogen-bond donors (Lipinski definition) is 1. The Morgan fingerprint density at radius 2 is 1.83 bits per heavy atom. The summed E-state index contributed by atoms with van der Waals surface area (Å²) in [6.45, 7) is 3.79. The van der Waals surface area contributed by atoms with Gasteiger partial charge in [-0.1, -0.05) is 36.0 Å². The third-order valence-corrected chi connectivity index (χ3v) is 6.05. The molecule has 0 aliphatic carbocycles. The van der Waals surface area contributed by atoms with E-state index in [0.717, 1.165) is 11.3 Å². The van der Waals surface area contributed by atoms with Crippen molar-refractivity contribution in [1.82, 2.24) is 14.8 Å². The molecule has 4 aromatic rings. The van der Waals surface area contributed by atoms with Gasteiger partial charge in [0.1, 0.15) is 17.3 Å². The topological polar surface area (TPSA) is 78.3 Å². The molecule has 0 spiro atoms.